The van der Waals surface area contributed by atoms with Gasteiger partial charge in [-0.2, -0.15) is 5.26 Å². The molecule has 0 aliphatic heterocycles. The van der Waals surface area contributed by atoms with Crippen LogP contribution in [-0.4, -0.2) is 0 Å². The molecule has 0 N–H and O–H groups in total. The molecule has 0 amide bonds. The summed E-state index contributed by atoms with van der Waals surface area (Å²) < 4.78 is 0. The van der Waals surface area contributed by atoms with Crippen LogP contribution in [0.2, 0.25) is 0 Å². The molecule has 0 radical (unpaired) electrons. The Hall–Kier alpha value is -0.770. The molecule has 0 fully saturated rings. The lowest BCUT2D eigenvalue weighted by Gasteiger charge is -2.29. The van der Waals surface area contributed by atoms with Crippen molar-refractivity contribution in [3.05, 3.63) is 12.2 Å². The van der Waals surface area contributed by atoms with E-state index in [1.807, 2.05) is 0 Å². The maximum Gasteiger partial charge on any atom is 0.0627 e. The van der Waals surface area contributed by atoms with Gasteiger partial charge in [0.1, 0.15) is 0 Å². The molecule has 1 atom stereocenters. The van der Waals surface area contributed by atoms with Crippen LogP contribution in [0.3, 0.4) is 0 Å². The topological polar surface area (TPSA) is 23.8 Å². The van der Waals surface area contributed by atoms with Gasteiger partial charge in [-0.3, -0.25) is 0 Å². The number of rotatable bonds is 1. The quantitative estimate of drug-likeness (QED) is 0.526. The van der Waals surface area contributed by atoms with Crippen molar-refractivity contribution in [1.29, 1.82) is 5.26 Å². The zero-order valence-corrected chi connectivity index (χ0v) is 7.30. The number of nitriles is 1. The second-order valence-electron chi connectivity index (χ2n) is 4.12. The Morgan fingerprint density at radius 2 is 2.36 bits per heavy atom. The monoisotopic (exact) mass is 149 g/mol. The fourth-order valence-electron chi connectivity index (χ4n) is 1.70. The Morgan fingerprint density at radius 3 is 2.91 bits per heavy atom. The maximum absolute atomic E-state index is 8.50. The van der Waals surface area contributed by atoms with Crippen LogP contribution in [0.15, 0.2) is 12.2 Å². The van der Waals surface area contributed by atoms with Crippen molar-refractivity contribution in [1.82, 2.24) is 0 Å². The van der Waals surface area contributed by atoms with Gasteiger partial charge < -0.3 is 0 Å². The van der Waals surface area contributed by atoms with Crippen LogP contribution in [0.4, 0.5) is 0 Å². The van der Waals surface area contributed by atoms with Gasteiger partial charge in [0.2, 0.25) is 0 Å². The van der Waals surface area contributed by atoms with Crippen molar-refractivity contribution in [2.45, 2.75) is 33.1 Å². The molecular formula is C10H15N. The molecular weight excluding hydrogens is 134 g/mol. The van der Waals surface area contributed by atoms with Crippen molar-refractivity contribution in [3.63, 3.8) is 0 Å². The minimum atomic E-state index is 0.413. The normalized spacial score (nSPS) is 27.9. The molecule has 0 aromatic rings. The average Bonchev–Trinajstić information content (AvgIpc) is 1.85. The molecule has 0 saturated heterocycles. The molecule has 0 aromatic heterocycles. The van der Waals surface area contributed by atoms with Crippen molar-refractivity contribution < 1.29 is 0 Å². The van der Waals surface area contributed by atoms with Crippen molar-refractivity contribution >= 4 is 0 Å². The zero-order chi connectivity index (χ0) is 8.32. The van der Waals surface area contributed by atoms with Crippen molar-refractivity contribution in [2.75, 3.05) is 0 Å². The highest BCUT2D eigenvalue weighted by atomic mass is 14.3. The Balaban J connectivity index is 2.54. The second-order valence-corrected chi connectivity index (χ2v) is 4.12. The van der Waals surface area contributed by atoms with E-state index in [0.717, 1.165) is 12.8 Å². The Labute approximate surface area is 68.7 Å². The van der Waals surface area contributed by atoms with Crippen LogP contribution in [0.5, 0.6) is 0 Å². The summed E-state index contributed by atoms with van der Waals surface area (Å²) in [7, 11) is 0. The third-order valence-corrected chi connectivity index (χ3v) is 2.25. The molecule has 0 bridgehead atoms. The highest BCUT2D eigenvalue weighted by molar-refractivity contribution is 5.01. The first-order valence-corrected chi connectivity index (χ1v) is 4.18. The van der Waals surface area contributed by atoms with Crippen molar-refractivity contribution in [2.24, 2.45) is 11.3 Å². The summed E-state index contributed by atoms with van der Waals surface area (Å²) in [6.07, 6.45) is 7.41. The Morgan fingerprint density at radius 1 is 1.64 bits per heavy atom. The van der Waals surface area contributed by atoms with Gasteiger partial charge in [-0.15, -0.1) is 0 Å². The fraction of sp³-hybridized carbons (Fsp3) is 0.700. The van der Waals surface area contributed by atoms with E-state index in [9.17, 15) is 0 Å². The molecule has 1 heteroatoms. The first kappa shape index (κ1) is 8.33. The highest BCUT2D eigenvalue weighted by Gasteiger charge is 2.23. The van der Waals surface area contributed by atoms with Gasteiger partial charge in [0.15, 0.2) is 0 Å². The fourth-order valence-corrected chi connectivity index (χ4v) is 1.70. The van der Waals surface area contributed by atoms with E-state index in [1.165, 1.54) is 0 Å². The largest absolute Gasteiger partial charge is 0.198 e. The van der Waals surface area contributed by atoms with Gasteiger partial charge in [-0.05, 0) is 24.2 Å². The van der Waals surface area contributed by atoms with Gasteiger partial charge in [0.05, 0.1) is 6.07 Å². The second kappa shape index (κ2) is 3.09. The number of hydrogen-bond donors (Lipinski definition) is 0. The summed E-state index contributed by atoms with van der Waals surface area (Å²) in [5.74, 6) is 0.503. The maximum atomic E-state index is 8.50. The molecule has 0 saturated carbocycles. The van der Waals surface area contributed by atoms with E-state index in [-0.39, 0.29) is 0 Å². The molecule has 60 valence electrons. The Bertz CT molecular complexity index is 195. The average molecular weight is 149 g/mol. The smallest absolute Gasteiger partial charge is 0.0627 e. The lowest BCUT2D eigenvalue weighted by atomic mass is 9.75. The molecule has 11 heavy (non-hydrogen) atoms. The predicted molar refractivity (Wildman–Crippen MR) is 45.9 cm³/mol. The molecule has 0 heterocycles. The third kappa shape index (κ3) is 2.38. The number of allylic oxidation sites excluding steroid dienone is 2. The zero-order valence-electron chi connectivity index (χ0n) is 7.30. The van der Waals surface area contributed by atoms with E-state index in [1.54, 1.807) is 0 Å². The minimum Gasteiger partial charge on any atom is -0.198 e. The summed E-state index contributed by atoms with van der Waals surface area (Å²) in [6.45, 7) is 4.53. The molecule has 0 spiro atoms. The van der Waals surface area contributed by atoms with E-state index in [0.29, 0.717) is 17.8 Å². The summed E-state index contributed by atoms with van der Waals surface area (Å²) in [5.41, 5.74) is 0.413. The molecule has 1 nitrogen and oxygen atoms in total. The highest BCUT2D eigenvalue weighted by Crippen LogP contribution is 2.35. The van der Waals surface area contributed by atoms with Crippen LogP contribution in [0.1, 0.15) is 33.1 Å². The third-order valence-electron chi connectivity index (χ3n) is 2.25. The van der Waals surface area contributed by atoms with Crippen LogP contribution < -0.4 is 0 Å². The summed E-state index contributed by atoms with van der Waals surface area (Å²) >= 11 is 0. The number of hydrogen-bond acceptors (Lipinski definition) is 1. The van der Waals surface area contributed by atoms with Gasteiger partial charge in [-0.25, -0.2) is 0 Å². The van der Waals surface area contributed by atoms with Gasteiger partial charge >= 0.3 is 0 Å². The SMILES string of the molecule is CC1(C)CC=CC(CC#N)C1. The molecule has 1 aliphatic carbocycles. The minimum absolute atomic E-state index is 0.413. The first-order valence-electron chi connectivity index (χ1n) is 4.18. The molecule has 1 unspecified atom stereocenters. The van der Waals surface area contributed by atoms with Crippen LogP contribution in [-0.2, 0) is 0 Å². The van der Waals surface area contributed by atoms with Gasteiger partial charge in [0, 0.05) is 6.42 Å². The lowest BCUT2D eigenvalue weighted by Crippen LogP contribution is -2.18. The van der Waals surface area contributed by atoms with Crippen LogP contribution >= 0.6 is 0 Å². The van der Waals surface area contributed by atoms with E-state index < -0.39 is 0 Å². The van der Waals surface area contributed by atoms with E-state index in [4.69, 9.17) is 5.26 Å². The van der Waals surface area contributed by atoms with Crippen LogP contribution in [0.25, 0.3) is 0 Å². The molecule has 1 aliphatic rings. The van der Waals surface area contributed by atoms with E-state index in [2.05, 4.69) is 32.1 Å². The van der Waals surface area contributed by atoms with E-state index >= 15 is 0 Å². The first-order chi connectivity index (χ1) is 5.14. The number of nitrogens with zero attached hydrogens (tertiary/aromatic N) is 1. The van der Waals surface area contributed by atoms with Gasteiger partial charge in [0.25, 0.3) is 0 Å². The standard InChI is InChI=1S/C10H15N/c1-10(2)6-3-4-9(8-10)5-7-11/h3-4,9H,5-6,8H2,1-2H3. The molecule has 1 rings (SSSR count). The lowest BCUT2D eigenvalue weighted by molar-refractivity contribution is 0.281. The molecule has 0 aromatic carbocycles. The Kier molecular flexibility index (Phi) is 2.34. The summed E-state index contributed by atoms with van der Waals surface area (Å²) in [6, 6.07) is 2.22. The summed E-state index contributed by atoms with van der Waals surface area (Å²) in [4.78, 5) is 0. The summed E-state index contributed by atoms with van der Waals surface area (Å²) in [5, 5.41) is 8.50. The predicted octanol–water partition coefficient (Wildman–Crippen LogP) is 2.89. The van der Waals surface area contributed by atoms with Crippen molar-refractivity contribution in [3.8, 4) is 6.07 Å². The van der Waals surface area contributed by atoms with Crippen LogP contribution in [0, 0.1) is 22.7 Å². The van der Waals surface area contributed by atoms with Gasteiger partial charge in [-0.1, -0.05) is 26.0 Å².